The van der Waals surface area contributed by atoms with Gasteiger partial charge in [-0.05, 0) is 23.1 Å². The Labute approximate surface area is 102 Å². The summed E-state index contributed by atoms with van der Waals surface area (Å²) in [6, 6.07) is 19.5. The number of anilines is 1. The second-order valence-electron chi connectivity index (χ2n) is 4.83. The standard InChI is InChI=1S/C16H17N/c1-12-11-17-15-10-6-5-9-14(15)16(12)13-7-3-2-4-8-13/h2-10,12,16-17H,11H2,1H3/t12-,16-/m1/s1. The van der Waals surface area contributed by atoms with Gasteiger partial charge in [0, 0.05) is 18.2 Å². The molecule has 0 aromatic heterocycles. The fraction of sp³-hybridized carbons (Fsp3) is 0.250. The molecule has 0 bridgehead atoms. The summed E-state index contributed by atoms with van der Waals surface area (Å²) in [6.07, 6.45) is 0. The summed E-state index contributed by atoms with van der Waals surface area (Å²) in [5, 5.41) is 3.51. The molecule has 3 rings (SSSR count). The maximum atomic E-state index is 3.51. The molecule has 0 saturated carbocycles. The third-order valence-electron chi connectivity index (χ3n) is 3.64. The van der Waals surface area contributed by atoms with Crippen molar-refractivity contribution in [2.24, 2.45) is 5.92 Å². The minimum Gasteiger partial charge on any atom is -0.385 e. The van der Waals surface area contributed by atoms with Crippen molar-refractivity contribution in [1.29, 1.82) is 0 Å². The van der Waals surface area contributed by atoms with Crippen molar-refractivity contribution in [3.8, 4) is 0 Å². The van der Waals surface area contributed by atoms with Gasteiger partial charge in [0.2, 0.25) is 0 Å². The Morgan fingerprint density at radius 2 is 1.65 bits per heavy atom. The summed E-state index contributed by atoms with van der Waals surface area (Å²) >= 11 is 0. The molecule has 0 fully saturated rings. The Kier molecular flexibility index (Phi) is 2.60. The Bertz CT molecular complexity index is 504. The van der Waals surface area contributed by atoms with Crippen LogP contribution in [0, 0.1) is 5.92 Å². The maximum Gasteiger partial charge on any atom is 0.0379 e. The van der Waals surface area contributed by atoms with Crippen molar-refractivity contribution in [3.05, 3.63) is 65.7 Å². The lowest BCUT2D eigenvalue weighted by Crippen LogP contribution is -2.26. The molecule has 1 nitrogen and oxygen atoms in total. The van der Waals surface area contributed by atoms with Crippen LogP contribution in [0.1, 0.15) is 24.0 Å². The van der Waals surface area contributed by atoms with Crippen LogP contribution < -0.4 is 5.32 Å². The van der Waals surface area contributed by atoms with Crippen molar-refractivity contribution >= 4 is 5.69 Å². The summed E-state index contributed by atoms with van der Waals surface area (Å²) in [7, 11) is 0. The fourth-order valence-corrected chi connectivity index (χ4v) is 2.79. The maximum absolute atomic E-state index is 3.51. The van der Waals surface area contributed by atoms with E-state index < -0.39 is 0 Å². The van der Waals surface area contributed by atoms with E-state index in [4.69, 9.17) is 0 Å². The molecule has 0 unspecified atom stereocenters. The van der Waals surface area contributed by atoms with E-state index in [9.17, 15) is 0 Å². The van der Waals surface area contributed by atoms with Crippen LogP contribution in [0.25, 0.3) is 0 Å². The van der Waals surface area contributed by atoms with E-state index in [0.29, 0.717) is 11.8 Å². The van der Waals surface area contributed by atoms with Gasteiger partial charge in [0.15, 0.2) is 0 Å². The third kappa shape index (κ3) is 1.82. The summed E-state index contributed by atoms with van der Waals surface area (Å²) in [5.41, 5.74) is 4.14. The zero-order valence-electron chi connectivity index (χ0n) is 10.1. The summed E-state index contributed by atoms with van der Waals surface area (Å²) in [6.45, 7) is 3.37. The van der Waals surface area contributed by atoms with Crippen LogP contribution in [0.4, 0.5) is 5.69 Å². The predicted octanol–water partition coefficient (Wildman–Crippen LogP) is 3.88. The van der Waals surface area contributed by atoms with Crippen LogP contribution in [-0.4, -0.2) is 6.54 Å². The Hall–Kier alpha value is -1.76. The Morgan fingerprint density at radius 1 is 0.941 bits per heavy atom. The van der Waals surface area contributed by atoms with Gasteiger partial charge in [0.1, 0.15) is 0 Å². The van der Waals surface area contributed by atoms with E-state index in [1.54, 1.807) is 0 Å². The largest absolute Gasteiger partial charge is 0.385 e. The average Bonchev–Trinajstić information content (AvgIpc) is 2.39. The molecule has 0 amide bonds. The van der Waals surface area contributed by atoms with Gasteiger partial charge < -0.3 is 5.32 Å². The van der Waals surface area contributed by atoms with E-state index in [2.05, 4.69) is 66.8 Å². The van der Waals surface area contributed by atoms with E-state index in [1.807, 2.05) is 0 Å². The van der Waals surface area contributed by atoms with Crippen LogP contribution in [0.15, 0.2) is 54.6 Å². The van der Waals surface area contributed by atoms with Gasteiger partial charge in [-0.2, -0.15) is 0 Å². The van der Waals surface area contributed by atoms with Crippen molar-refractivity contribution in [1.82, 2.24) is 0 Å². The topological polar surface area (TPSA) is 12.0 Å². The smallest absolute Gasteiger partial charge is 0.0379 e. The Balaban J connectivity index is 2.10. The highest BCUT2D eigenvalue weighted by Crippen LogP contribution is 2.39. The molecule has 0 aliphatic carbocycles. The van der Waals surface area contributed by atoms with Crippen LogP contribution in [0.2, 0.25) is 0 Å². The van der Waals surface area contributed by atoms with Crippen molar-refractivity contribution in [2.45, 2.75) is 12.8 Å². The number of hydrogen-bond donors (Lipinski definition) is 1. The Morgan fingerprint density at radius 3 is 2.47 bits per heavy atom. The summed E-state index contributed by atoms with van der Waals surface area (Å²) < 4.78 is 0. The van der Waals surface area contributed by atoms with Gasteiger partial charge in [-0.25, -0.2) is 0 Å². The molecule has 0 spiro atoms. The molecule has 2 aromatic carbocycles. The van der Waals surface area contributed by atoms with Crippen molar-refractivity contribution in [2.75, 3.05) is 11.9 Å². The number of rotatable bonds is 1. The first-order valence-electron chi connectivity index (χ1n) is 6.24. The molecule has 0 saturated heterocycles. The SMILES string of the molecule is C[C@@H]1CNc2ccccc2[C@H]1c1ccccc1. The van der Waals surface area contributed by atoms with E-state index >= 15 is 0 Å². The molecular formula is C16H17N. The molecular weight excluding hydrogens is 206 g/mol. The predicted molar refractivity (Wildman–Crippen MR) is 72.4 cm³/mol. The summed E-state index contributed by atoms with van der Waals surface area (Å²) in [5.74, 6) is 1.15. The monoisotopic (exact) mass is 223 g/mol. The molecule has 86 valence electrons. The van der Waals surface area contributed by atoms with Gasteiger partial charge in [0.25, 0.3) is 0 Å². The molecule has 2 aromatic rings. The molecule has 1 N–H and O–H groups in total. The number of nitrogens with one attached hydrogen (secondary N) is 1. The first-order valence-corrected chi connectivity index (χ1v) is 6.24. The van der Waals surface area contributed by atoms with Gasteiger partial charge in [0.05, 0.1) is 0 Å². The van der Waals surface area contributed by atoms with Crippen LogP contribution in [0.5, 0.6) is 0 Å². The molecule has 2 atom stereocenters. The van der Waals surface area contributed by atoms with Gasteiger partial charge in [-0.3, -0.25) is 0 Å². The van der Waals surface area contributed by atoms with Crippen LogP contribution >= 0.6 is 0 Å². The normalized spacial score (nSPS) is 22.6. The molecule has 1 aliphatic heterocycles. The second kappa shape index (κ2) is 4.25. The van der Waals surface area contributed by atoms with E-state index in [-0.39, 0.29) is 0 Å². The van der Waals surface area contributed by atoms with Crippen molar-refractivity contribution in [3.63, 3.8) is 0 Å². The highest BCUT2D eigenvalue weighted by atomic mass is 14.9. The molecule has 1 heterocycles. The fourth-order valence-electron chi connectivity index (χ4n) is 2.79. The quantitative estimate of drug-likeness (QED) is 0.773. The van der Waals surface area contributed by atoms with Gasteiger partial charge in [-0.1, -0.05) is 55.5 Å². The number of para-hydroxylation sites is 1. The second-order valence-corrected chi connectivity index (χ2v) is 4.83. The number of fused-ring (bicyclic) bond motifs is 1. The average molecular weight is 223 g/mol. The van der Waals surface area contributed by atoms with Gasteiger partial charge >= 0.3 is 0 Å². The first kappa shape index (κ1) is 10.4. The molecule has 0 radical (unpaired) electrons. The minimum atomic E-state index is 0.522. The lowest BCUT2D eigenvalue weighted by atomic mass is 9.78. The van der Waals surface area contributed by atoms with Crippen LogP contribution in [-0.2, 0) is 0 Å². The molecule has 1 heteroatoms. The molecule has 1 aliphatic rings. The van der Waals surface area contributed by atoms with E-state index in [1.165, 1.54) is 16.8 Å². The zero-order valence-corrected chi connectivity index (χ0v) is 10.1. The van der Waals surface area contributed by atoms with E-state index in [0.717, 1.165) is 6.54 Å². The third-order valence-corrected chi connectivity index (χ3v) is 3.64. The van der Waals surface area contributed by atoms with Crippen molar-refractivity contribution < 1.29 is 0 Å². The number of hydrogen-bond acceptors (Lipinski definition) is 1. The van der Waals surface area contributed by atoms with Crippen LogP contribution in [0.3, 0.4) is 0 Å². The lowest BCUT2D eigenvalue weighted by molar-refractivity contribution is 0.523. The zero-order chi connectivity index (χ0) is 11.7. The lowest BCUT2D eigenvalue weighted by Gasteiger charge is -2.32. The summed E-state index contributed by atoms with van der Waals surface area (Å²) in [4.78, 5) is 0. The minimum absolute atomic E-state index is 0.522. The molecule has 17 heavy (non-hydrogen) atoms. The van der Waals surface area contributed by atoms with Gasteiger partial charge in [-0.15, -0.1) is 0 Å². The highest BCUT2D eigenvalue weighted by molar-refractivity contribution is 5.57. The number of benzene rings is 2. The first-order chi connectivity index (χ1) is 8.36. The highest BCUT2D eigenvalue weighted by Gasteiger charge is 2.27.